The molecule has 7 nitrogen and oxygen atoms in total. The summed E-state index contributed by atoms with van der Waals surface area (Å²) in [6, 6.07) is 3.36. The molecule has 1 fully saturated rings. The zero-order valence-electron chi connectivity index (χ0n) is 15.8. The van der Waals surface area contributed by atoms with E-state index in [1.54, 1.807) is 12.1 Å². The molecule has 0 aromatic carbocycles. The van der Waals surface area contributed by atoms with E-state index in [1.165, 1.54) is 0 Å². The Morgan fingerprint density at radius 2 is 1.50 bits per heavy atom. The van der Waals surface area contributed by atoms with Crippen LogP contribution in [0.4, 0.5) is 0 Å². The van der Waals surface area contributed by atoms with Gasteiger partial charge in [0.05, 0.1) is 0 Å². The number of carbonyl (C=O) groups is 2. The highest BCUT2D eigenvalue weighted by Gasteiger charge is 2.46. The van der Waals surface area contributed by atoms with Gasteiger partial charge in [-0.25, -0.2) is 9.59 Å². The monoisotopic (exact) mass is 359 g/mol. The normalized spacial score (nSPS) is 18.8. The first-order chi connectivity index (χ1) is 11.9. The van der Waals surface area contributed by atoms with Crippen LogP contribution in [-0.4, -0.2) is 47.2 Å². The van der Waals surface area contributed by atoms with E-state index in [-0.39, 0.29) is 34.9 Å². The zero-order chi connectivity index (χ0) is 20.1. The Labute approximate surface area is 154 Å². The number of likely N-dealkylation sites (tertiary alicyclic amines) is 1. The molecule has 0 N–H and O–H groups in total. The molecule has 0 amide bonds. The highest BCUT2D eigenvalue weighted by Crippen LogP contribution is 2.39. The second-order valence-corrected chi connectivity index (χ2v) is 7.53. The molecular formula is C19H25N3O4. The van der Waals surface area contributed by atoms with Crippen molar-refractivity contribution in [2.24, 2.45) is 0 Å². The summed E-state index contributed by atoms with van der Waals surface area (Å²) in [5.74, 6) is -1.41. The van der Waals surface area contributed by atoms with Crippen molar-refractivity contribution in [1.29, 1.82) is 10.5 Å². The van der Waals surface area contributed by atoms with Gasteiger partial charge in [0.15, 0.2) is 0 Å². The molecule has 1 aliphatic heterocycles. The molecule has 1 aliphatic rings. The van der Waals surface area contributed by atoms with E-state index in [9.17, 15) is 9.59 Å². The van der Waals surface area contributed by atoms with E-state index >= 15 is 0 Å². The second kappa shape index (κ2) is 8.16. The highest BCUT2D eigenvalue weighted by molar-refractivity contribution is 5.92. The van der Waals surface area contributed by atoms with Crippen molar-refractivity contribution < 1.29 is 19.1 Å². The number of hydrogen-bond acceptors (Lipinski definition) is 7. The number of carbonyl (C=O) groups excluding carboxylic acids is 2. The average Bonchev–Trinajstić information content (AvgIpc) is 2.54. The average molecular weight is 359 g/mol. The van der Waals surface area contributed by atoms with Gasteiger partial charge in [0.25, 0.3) is 0 Å². The van der Waals surface area contributed by atoms with Gasteiger partial charge < -0.3 is 9.47 Å². The zero-order valence-corrected chi connectivity index (χ0v) is 15.8. The molecule has 7 heteroatoms. The molecule has 0 aliphatic carbocycles. The van der Waals surface area contributed by atoms with Crippen LogP contribution in [0.2, 0.25) is 0 Å². The summed E-state index contributed by atoms with van der Waals surface area (Å²) in [5, 5.41) is 17.4. The molecule has 0 aromatic heterocycles. The molecule has 0 spiro atoms. The van der Waals surface area contributed by atoms with Crippen LogP contribution in [0.15, 0.2) is 24.3 Å². The number of ether oxygens (including phenoxy) is 2. The Hall–Kier alpha value is -2.64. The first kappa shape index (κ1) is 21.4. The smallest absolute Gasteiger partial charge is 0.348 e. The minimum atomic E-state index is -0.720. The second-order valence-electron chi connectivity index (χ2n) is 7.53. The summed E-state index contributed by atoms with van der Waals surface area (Å²) in [6.45, 7) is 15.4. The first-order valence-corrected chi connectivity index (χ1v) is 8.28. The number of nitriles is 2. The molecule has 0 bridgehead atoms. The van der Waals surface area contributed by atoms with Crippen molar-refractivity contribution in [3.8, 4) is 12.1 Å². The third-order valence-electron chi connectivity index (χ3n) is 4.50. The highest BCUT2D eigenvalue weighted by atomic mass is 16.5. The topological polar surface area (TPSA) is 103 Å². The van der Waals surface area contributed by atoms with Crippen molar-refractivity contribution in [3.63, 3.8) is 0 Å². The lowest BCUT2D eigenvalue weighted by molar-refractivity contribution is -0.158. The van der Waals surface area contributed by atoms with Crippen LogP contribution in [0.25, 0.3) is 0 Å². The molecule has 0 aromatic rings. The van der Waals surface area contributed by atoms with Crippen molar-refractivity contribution in [2.45, 2.75) is 57.7 Å². The van der Waals surface area contributed by atoms with Gasteiger partial charge in [-0.15, -0.1) is 0 Å². The minimum Gasteiger partial charge on any atom is -0.460 e. The van der Waals surface area contributed by atoms with Gasteiger partial charge in [-0.1, -0.05) is 13.2 Å². The van der Waals surface area contributed by atoms with Crippen LogP contribution < -0.4 is 0 Å². The van der Waals surface area contributed by atoms with Crippen LogP contribution in [0.1, 0.15) is 40.5 Å². The van der Waals surface area contributed by atoms with Gasteiger partial charge in [-0.2, -0.15) is 10.5 Å². The number of hydrogen-bond donors (Lipinski definition) is 0. The summed E-state index contributed by atoms with van der Waals surface area (Å²) in [6.07, 6.45) is 0.800. The molecule has 1 heterocycles. The maximum Gasteiger partial charge on any atom is 0.348 e. The van der Waals surface area contributed by atoms with E-state index in [1.807, 2.05) is 27.7 Å². The summed E-state index contributed by atoms with van der Waals surface area (Å²) < 4.78 is 10.5. The Kier molecular flexibility index (Phi) is 6.72. The van der Waals surface area contributed by atoms with Gasteiger partial charge >= 0.3 is 11.9 Å². The van der Waals surface area contributed by atoms with Gasteiger partial charge in [0, 0.05) is 30.5 Å². The Bertz CT molecular complexity index is 677. The van der Waals surface area contributed by atoms with Gasteiger partial charge in [-0.05, 0) is 27.7 Å². The van der Waals surface area contributed by atoms with Crippen LogP contribution in [-0.2, 0) is 19.1 Å². The van der Waals surface area contributed by atoms with Gasteiger partial charge in [0.2, 0.25) is 0 Å². The van der Waals surface area contributed by atoms with E-state index in [0.29, 0.717) is 19.4 Å². The molecule has 0 saturated carbocycles. The maximum absolute atomic E-state index is 11.8. The fourth-order valence-corrected chi connectivity index (χ4v) is 3.55. The Balaban J connectivity index is 2.76. The molecular weight excluding hydrogens is 334 g/mol. The van der Waals surface area contributed by atoms with Crippen LogP contribution in [0, 0.1) is 22.7 Å². The Morgan fingerprint density at radius 3 is 1.96 bits per heavy atom. The molecule has 140 valence electrons. The van der Waals surface area contributed by atoms with E-state index in [2.05, 4.69) is 18.1 Å². The van der Waals surface area contributed by atoms with E-state index in [0.717, 1.165) is 0 Å². The van der Waals surface area contributed by atoms with E-state index < -0.39 is 11.9 Å². The Morgan fingerprint density at radius 1 is 1.04 bits per heavy atom. The minimum absolute atomic E-state index is 0.127. The molecule has 1 rings (SSSR count). The lowest BCUT2D eigenvalue weighted by atomic mass is 9.78. The number of nitrogens with zero attached hydrogens (tertiary/aromatic N) is 3. The van der Waals surface area contributed by atoms with Crippen molar-refractivity contribution in [1.82, 2.24) is 4.90 Å². The third kappa shape index (κ3) is 5.18. The number of rotatable bonds is 6. The fourth-order valence-electron chi connectivity index (χ4n) is 3.55. The van der Waals surface area contributed by atoms with Crippen molar-refractivity contribution in [3.05, 3.63) is 24.3 Å². The lowest BCUT2D eigenvalue weighted by Gasteiger charge is -2.54. The van der Waals surface area contributed by atoms with Crippen molar-refractivity contribution in [2.75, 3.05) is 13.2 Å². The lowest BCUT2D eigenvalue weighted by Crippen LogP contribution is -2.63. The summed E-state index contributed by atoms with van der Waals surface area (Å²) in [4.78, 5) is 25.6. The largest absolute Gasteiger partial charge is 0.460 e. The van der Waals surface area contributed by atoms with Crippen LogP contribution in [0.5, 0.6) is 0 Å². The van der Waals surface area contributed by atoms with Gasteiger partial charge in [0.1, 0.15) is 36.0 Å². The van der Waals surface area contributed by atoms with E-state index in [4.69, 9.17) is 20.0 Å². The molecule has 26 heavy (non-hydrogen) atoms. The molecule has 1 saturated heterocycles. The maximum atomic E-state index is 11.8. The molecule has 0 atom stereocenters. The van der Waals surface area contributed by atoms with Crippen LogP contribution in [0.3, 0.4) is 0 Å². The molecule has 0 radical (unpaired) electrons. The quantitative estimate of drug-likeness (QED) is 0.407. The van der Waals surface area contributed by atoms with Crippen LogP contribution >= 0.6 is 0 Å². The third-order valence-corrected chi connectivity index (χ3v) is 4.50. The van der Waals surface area contributed by atoms with Crippen molar-refractivity contribution >= 4 is 11.9 Å². The number of esters is 2. The standard InChI is InChI=1S/C19H25N3O4/c1-13(11-20)16(23)25-8-7-22-18(3,4)9-15(10-19(22,5)6)26-17(24)14(2)12-21/h15H,1-2,7-10H2,3-6H3. The molecule has 0 unspecified atom stereocenters. The fraction of sp³-hybridized carbons (Fsp3) is 0.579. The predicted octanol–water partition coefficient (Wildman–Crippen LogP) is 2.25. The summed E-state index contributed by atoms with van der Waals surface area (Å²) >= 11 is 0. The first-order valence-electron chi connectivity index (χ1n) is 8.28. The summed E-state index contributed by atoms with van der Waals surface area (Å²) in [5.41, 5.74) is -1.11. The summed E-state index contributed by atoms with van der Waals surface area (Å²) in [7, 11) is 0. The predicted molar refractivity (Wildman–Crippen MR) is 94.4 cm³/mol. The van der Waals surface area contributed by atoms with Gasteiger partial charge in [-0.3, -0.25) is 4.90 Å². The number of piperidine rings is 1. The SMILES string of the molecule is C=C(C#N)C(=O)OCCN1C(C)(C)CC(OC(=O)C(=C)C#N)CC1(C)C.